The third-order valence-corrected chi connectivity index (χ3v) is 2.66. The van der Waals surface area contributed by atoms with Crippen LogP contribution in [-0.2, 0) is 0 Å². The first-order chi connectivity index (χ1) is 8.93. The molecule has 3 N–H and O–H groups in total. The second-order valence-electron chi connectivity index (χ2n) is 4.35. The van der Waals surface area contributed by atoms with Crippen LogP contribution in [0.3, 0.4) is 0 Å². The Bertz CT molecular complexity index is 463. The van der Waals surface area contributed by atoms with Gasteiger partial charge in [0.15, 0.2) is 0 Å². The Labute approximate surface area is 118 Å². The lowest BCUT2D eigenvalue weighted by atomic mass is 10.3. The third kappa shape index (κ3) is 4.75. The van der Waals surface area contributed by atoms with Crippen LogP contribution in [0.4, 0.5) is 10.5 Å². The summed E-state index contributed by atoms with van der Waals surface area (Å²) < 4.78 is 5.10. The van der Waals surface area contributed by atoms with Gasteiger partial charge in [-0.25, -0.2) is 4.79 Å². The van der Waals surface area contributed by atoms with Gasteiger partial charge in [-0.1, -0.05) is 18.3 Å². The minimum atomic E-state index is -0.240. The quantitative estimate of drug-likeness (QED) is 0.812. The molecule has 1 aromatic rings. The number of hydrogen-bond acceptors (Lipinski definition) is 3. The normalized spacial score (nSPS) is 10.1. The highest BCUT2D eigenvalue weighted by Crippen LogP contribution is 2.17. The van der Waals surface area contributed by atoms with Crippen LogP contribution in [0.1, 0.15) is 13.8 Å². The highest BCUT2D eigenvalue weighted by Gasteiger charge is 2.17. The number of hydrogen-bond donors (Lipinski definition) is 2. The number of amides is 2. The van der Waals surface area contributed by atoms with Crippen LogP contribution < -0.4 is 15.8 Å². The summed E-state index contributed by atoms with van der Waals surface area (Å²) in [6.07, 6.45) is 0. The molecule has 2 amide bonds. The molecule has 0 spiro atoms. The second-order valence-corrected chi connectivity index (χ2v) is 4.87. The van der Waals surface area contributed by atoms with Crippen LogP contribution in [0, 0.1) is 0 Å². The number of carbonyl (C=O) groups excluding carboxylic acids is 1. The van der Waals surface area contributed by atoms with Crippen LogP contribution in [0.15, 0.2) is 24.3 Å². The van der Waals surface area contributed by atoms with Gasteiger partial charge in [0.1, 0.15) is 5.75 Å². The average Bonchev–Trinajstić information content (AvgIpc) is 2.35. The molecule has 19 heavy (non-hydrogen) atoms. The molecule has 104 valence electrons. The van der Waals surface area contributed by atoms with Gasteiger partial charge in [0.05, 0.1) is 18.6 Å². The van der Waals surface area contributed by atoms with Gasteiger partial charge in [-0.05, 0) is 26.0 Å². The SMILES string of the molecule is COc1cccc(NC(=O)N(CC(N)=S)C(C)C)c1. The Morgan fingerprint density at radius 3 is 2.74 bits per heavy atom. The van der Waals surface area contributed by atoms with Crippen LogP contribution in [0.5, 0.6) is 5.75 Å². The van der Waals surface area contributed by atoms with E-state index in [1.165, 1.54) is 0 Å². The molecule has 0 radical (unpaired) electrons. The minimum absolute atomic E-state index is 0.00658. The van der Waals surface area contributed by atoms with Crippen LogP contribution in [0.25, 0.3) is 0 Å². The lowest BCUT2D eigenvalue weighted by Gasteiger charge is -2.26. The first-order valence-electron chi connectivity index (χ1n) is 5.94. The predicted octanol–water partition coefficient (Wildman–Crippen LogP) is 2.22. The fraction of sp³-hybridized carbons (Fsp3) is 0.385. The Kier molecular flexibility index (Phi) is 5.57. The van der Waals surface area contributed by atoms with Gasteiger partial charge in [-0.15, -0.1) is 0 Å². The maximum absolute atomic E-state index is 12.1. The number of ether oxygens (including phenoxy) is 1. The number of methoxy groups -OCH3 is 1. The zero-order valence-electron chi connectivity index (χ0n) is 11.3. The highest BCUT2D eigenvalue weighted by atomic mass is 32.1. The van der Waals surface area contributed by atoms with Gasteiger partial charge >= 0.3 is 6.03 Å². The van der Waals surface area contributed by atoms with Crippen molar-refractivity contribution in [2.24, 2.45) is 5.73 Å². The molecule has 1 rings (SSSR count). The maximum atomic E-state index is 12.1. The molecular formula is C13H19N3O2S. The maximum Gasteiger partial charge on any atom is 0.322 e. The Hall–Kier alpha value is -1.82. The van der Waals surface area contributed by atoms with E-state index in [0.717, 1.165) is 0 Å². The monoisotopic (exact) mass is 281 g/mol. The predicted molar refractivity (Wildman–Crippen MR) is 80.6 cm³/mol. The van der Waals surface area contributed by atoms with Crippen molar-refractivity contribution >= 4 is 28.9 Å². The third-order valence-electron chi connectivity index (χ3n) is 2.53. The summed E-state index contributed by atoms with van der Waals surface area (Å²) in [5.74, 6) is 0.684. The summed E-state index contributed by atoms with van der Waals surface area (Å²) in [6, 6.07) is 6.92. The van der Waals surface area contributed by atoms with E-state index < -0.39 is 0 Å². The van der Waals surface area contributed by atoms with E-state index >= 15 is 0 Å². The van der Waals surface area contributed by atoms with Crippen molar-refractivity contribution in [2.75, 3.05) is 19.0 Å². The number of nitrogens with one attached hydrogen (secondary N) is 1. The number of nitrogens with zero attached hydrogens (tertiary/aromatic N) is 1. The van der Waals surface area contributed by atoms with Gasteiger partial charge < -0.3 is 20.7 Å². The fourth-order valence-electron chi connectivity index (χ4n) is 1.55. The largest absolute Gasteiger partial charge is 0.497 e. The van der Waals surface area contributed by atoms with Crippen molar-refractivity contribution in [2.45, 2.75) is 19.9 Å². The topological polar surface area (TPSA) is 67.6 Å². The van der Waals surface area contributed by atoms with Crippen LogP contribution in [-0.4, -0.2) is 35.6 Å². The summed E-state index contributed by atoms with van der Waals surface area (Å²) in [4.78, 5) is 14.0. The number of nitrogens with two attached hydrogens (primary N) is 1. The molecule has 5 nitrogen and oxygen atoms in total. The van der Waals surface area contributed by atoms with Gasteiger partial charge in [-0.2, -0.15) is 0 Å². The number of anilines is 1. The summed E-state index contributed by atoms with van der Waals surface area (Å²) in [6.45, 7) is 4.07. The first kappa shape index (κ1) is 15.2. The van der Waals surface area contributed by atoms with E-state index in [1.807, 2.05) is 26.0 Å². The summed E-state index contributed by atoms with van der Waals surface area (Å²) in [5, 5.41) is 2.80. The Morgan fingerprint density at radius 2 is 2.21 bits per heavy atom. The highest BCUT2D eigenvalue weighted by molar-refractivity contribution is 7.80. The fourth-order valence-corrected chi connectivity index (χ4v) is 1.69. The van der Waals surface area contributed by atoms with Gasteiger partial charge in [0.25, 0.3) is 0 Å². The van der Waals surface area contributed by atoms with Crippen LogP contribution in [0.2, 0.25) is 0 Å². The molecule has 0 aromatic heterocycles. The molecule has 0 saturated heterocycles. The molecule has 0 aliphatic rings. The minimum Gasteiger partial charge on any atom is -0.497 e. The van der Waals surface area contributed by atoms with E-state index in [0.29, 0.717) is 11.4 Å². The van der Waals surface area contributed by atoms with Crippen molar-refractivity contribution in [3.63, 3.8) is 0 Å². The zero-order valence-corrected chi connectivity index (χ0v) is 12.2. The number of urea groups is 1. The molecule has 0 heterocycles. The van der Waals surface area contributed by atoms with Crippen molar-refractivity contribution < 1.29 is 9.53 Å². The average molecular weight is 281 g/mol. The van der Waals surface area contributed by atoms with Gasteiger partial charge in [-0.3, -0.25) is 0 Å². The lowest BCUT2D eigenvalue weighted by molar-refractivity contribution is 0.206. The standard InChI is InChI=1S/C13H19N3O2S/c1-9(2)16(8-12(14)19)13(17)15-10-5-4-6-11(7-10)18-3/h4-7,9H,8H2,1-3H3,(H2,14,19)(H,15,17). The molecule has 6 heteroatoms. The molecule has 0 saturated carbocycles. The van der Waals surface area contributed by atoms with Crippen LogP contribution >= 0.6 is 12.2 Å². The van der Waals surface area contributed by atoms with E-state index in [-0.39, 0.29) is 23.6 Å². The van der Waals surface area contributed by atoms with E-state index in [9.17, 15) is 4.79 Å². The van der Waals surface area contributed by atoms with Crippen molar-refractivity contribution in [1.82, 2.24) is 4.90 Å². The molecule has 0 bridgehead atoms. The summed E-state index contributed by atoms with van der Waals surface area (Å²) in [5.41, 5.74) is 6.16. The van der Waals surface area contributed by atoms with E-state index in [2.05, 4.69) is 5.32 Å². The summed E-state index contributed by atoms with van der Waals surface area (Å²) >= 11 is 4.85. The first-order valence-corrected chi connectivity index (χ1v) is 6.35. The van der Waals surface area contributed by atoms with Gasteiger partial charge in [0.2, 0.25) is 0 Å². The number of benzene rings is 1. The molecular weight excluding hydrogens is 262 g/mol. The number of carbonyl (C=O) groups is 1. The number of thiocarbonyl (C=S) groups is 1. The van der Waals surface area contributed by atoms with Crippen molar-refractivity contribution in [1.29, 1.82) is 0 Å². The molecule has 0 atom stereocenters. The Morgan fingerprint density at radius 1 is 1.53 bits per heavy atom. The van der Waals surface area contributed by atoms with E-state index in [1.54, 1.807) is 24.1 Å². The summed E-state index contributed by atoms with van der Waals surface area (Å²) in [7, 11) is 1.58. The molecule has 0 fully saturated rings. The van der Waals surface area contributed by atoms with Crippen molar-refractivity contribution in [3.8, 4) is 5.75 Å². The lowest BCUT2D eigenvalue weighted by Crippen LogP contribution is -2.44. The Balaban J connectivity index is 2.77. The van der Waals surface area contributed by atoms with Crippen molar-refractivity contribution in [3.05, 3.63) is 24.3 Å². The van der Waals surface area contributed by atoms with E-state index in [4.69, 9.17) is 22.7 Å². The second kappa shape index (κ2) is 6.94. The smallest absolute Gasteiger partial charge is 0.322 e. The zero-order chi connectivity index (χ0) is 14.4. The number of rotatable bonds is 5. The van der Waals surface area contributed by atoms with Gasteiger partial charge in [0, 0.05) is 17.8 Å². The molecule has 0 unspecified atom stereocenters. The molecule has 0 aliphatic carbocycles. The molecule has 0 aliphatic heterocycles. The molecule has 1 aromatic carbocycles.